The number of hydrogen-bond acceptors (Lipinski definition) is 5. The molecule has 0 saturated heterocycles. The number of ether oxygens (including phenoxy) is 3. The number of esters is 1. The molecule has 0 radical (unpaired) electrons. The van der Waals surface area contributed by atoms with E-state index in [4.69, 9.17) is 9.47 Å². The number of halogens is 3. The van der Waals surface area contributed by atoms with Gasteiger partial charge in [0.15, 0.2) is 17.2 Å². The molecule has 27 heavy (non-hydrogen) atoms. The number of rotatable bonds is 6. The maximum absolute atomic E-state index is 13.3. The van der Waals surface area contributed by atoms with Crippen LogP contribution in [0.4, 0.5) is 13.2 Å². The van der Waals surface area contributed by atoms with E-state index in [0.717, 1.165) is 6.07 Å². The first-order chi connectivity index (χ1) is 13.0. The number of benzene rings is 2. The Balaban J connectivity index is 2.00. The predicted octanol–water partition coefficient (Wildman–Crippen LogP) is 4.17. The Bertz CT molecular complexity index is 925. The smallest absolute Gasteiger partial charge is 0.387 e. The number of carbonyl (C=O) groups is 1. The number of aliphatic imine (C=N–C) groups is 1. The topological polar surface area (TPSA) is 57.1 Å². The van der Waals surface area contributed by atoms with Crippen LogP contribution >= 0.6 is 0 Å². The summed E-state index contributed by atoms with van der Waals surface area (Å²) in [6.07, 6.45) is 1.24. The molecule has 0 atom stereocenters. The average molecular weight is 377 g/mol. The second-order valence-electron chi connectivity index (χ2n) is 5.33. The lowest BCUT2D eigenvalue weighted by molar-refractivity contribution is -0.129. The third-order valence-corrected chi connectivity index (χ3v) is 3.50. The van der Waals surface area contributed by atoms with Gasteiger partial charge in [-0.05, 0) is 37.3 Å². The Labute approximate surface area is 152 Å². The van der Waals surface area contributed by atoms with Gasteiger partial charge < -0.3 is 14.2 Å². The van der Waals surface area contributed by atoms with Crippen molar-refractivity contribution in [2.75, 3.05) is 6.61 Å². The molecule has 0 saturated carbocycles. The molecule has 0 N–H and O–H groups in total. The van der Waals surface area contributed by atoms with Crippen LogP contribution in [0, 0.1) is 5.82 Å². The Morgan fingerprint density at radius 2 is 2.00 bits per heavy atom. The number of nitrogens with zero attached hydrogens (tertiary/aromatic N) is 1. The minimum Gasteiger partial charge on any atom is -0.490 e. The zero-order chi connectivity index (χ0) is 19.4. The molecule has 2 aromatic rings. The van der Waals surface area contributed by atoms with Crippen molar-refractivity contribution in [3.05, 3.63) is 65.1 Å². The summed E-state index contributed by atoms with van der Waals surface area (Å²) in [4.78, 5) is 16.1. The zero-order valence-electron chi connectivity index (χ0n) is 14.1. The molecule has 0 aromatic heterocycles. The third-order valence-electron chi connectivity index (χ3n) is 3.50. The summed E-state index contributed by atoms with van der Waals surface area (Å²) in [6.45, 7) is -1.14. The maximum atomic E-state index is 13.3. The van der Waals surface area contributed by atoms with E-state index < -0.39 is 18.4 Å². The number of carbonyl (C=O) groups excluding carboxylic acids is 1. The van der Waals surface area contributed by atoms with Crippen molar-refractivity contribution in [3.8, 4) is 11.5 Å². The van der Waals surface area contributed by atoms with E-state index in [0.29, 0.717) is 0 Å². The van der Waals surface area contributed by atoms with Gasteiger partial charge in [-0.2, -0.15) is 8.78 Å². The Morgan fingerprint density at radius 3 is 2.70 bits per heavy atom. The highest BCUT2D eigenvalue weighted by Gasteiger charge is 2.25. The molecule has 8 heteroatoms. The quantitative estimate of drug-likeness (QED) is 0.560. The van der Waals surface area contributed by atoms with Gasteiger partial charge in [-0.15, -0.1) is 0 Å². The summed E-state index contributed by atoms with van der Waals surface area (Å²) in [5.41, 5.74) is 0.304. The number of para-hydroxylation sites is 1. The van der Waals surface area contributed by atoms with Gasteiger partial charge in [-0.1, -0.05) is 18.2 Å². The molecule has 0 bridgehead atoms. The van der Waals surface area contributed by atoms with Gasteiger partial charge in [0.25, 0.3) is 0 Å². The lowest BCUT2D eigenvalue weighted by atomic mass is 10.1. The van der Waals surface area contributed by atoms with Crippen molar-refractivity contribution in [1.29, 1.82) is 0 Å². The van der Waals surface area contributed by atoms with Crippen LogP contribution in [-0.4, -0.2) is 25.1 Å². The monoisotopic (exact) mass is 377 g/mol. The van der Waals surface area contributed by atoms with E-state index in [1.54, 1.807) is 13.0 Å². The fourth-order valence-electron chi connectivity index (χ4n) is 2.43. The van der Waals surface area contributed by atoms with E-state index >= 15 is 0 Å². The van der Waals surface area contributed by atoms with Crippen LogP contribution in [0.3, 0.4) is 0 Å². The van der Waals surface area contributed by atoms with Crippen LogP contribution in [0.2, 0.25) is 0 Å². The first kappa shape index (κ1) is 18.5. The Kier molecular flexibility index (Phi) is 5.44. The Morgan fingerprint density at radius 1 is 1.22 bits per heavy atom. The molecule has 2 aromatic carbocycles. The van der Waals surface area contributed by atoms with E-state index in [1.165, 1.54) is 36.4 Å². The van der Waals surface area contributed by atoms with Crippen molar-refractivity contribution in [2.45, 2.75) is 13.5 Å². The van der Waals surface area contributed by atoms with Gasteiger partial charge in [-0.25, -0.2) is 14.2 Å². The number of hydrogen-bond donors (Lipinski definition) is 0. The van der Waals surface area contributed by atoms with E-state index in [2.05, 4.69) is 9.73 Å². The number of cyclic esters (lactones) is 1. The normalized spacial score (nSPS) is 15.1. The summed E-state index contributed by atoms with van der Waals surface area (Å²) < 4.78 is 53.8. The molecule has 1 aliphatic rings. The molecule has 0 aliphatic carbocycles. The van der Waals surface area contributed by atoms with Gasteiger partial charge in [0.1, 0.15) is 5.82 Å². The van der Waals surface area contributed by atoms with Crippen LogP contribution in [0.1, 0.15) is 18.1 Å². The van der Waals surface area contributed by atoms with E-state index in [9.17, 15) is 18.0 Å². The molecular formula is C19H14F3NO4. The van der Waals surface area contributed by atoms with Crippen molar-refractivity contribution < 1.29 is 32.2 Å². The first-order valence-corrected chi connectivity index (χ1v) is 7.97. The number of alkyl halides is 2. The van der Waals surface area contributed by atoms with E-state index in [-0.39, 0.29) is 40.8 Å². The van der Waals surface area contributed by atoms with Crippen molar-refractivity contribution in [3.63, 3.8) is 0 Å². The van der Waals surface area contributed by atoms with Crippen LogP contribution in [0.5, 0.6) is 11.5 Å². The second-order valence-corrected chi connectivity index (χ2v) is 5.33. The van der Waals surface area contributed by atoms with Crippen molar-refractivity contribution >= 4 is 17.9 Å². The maximum Gasteiger partial charge on any atom is 0.387 e. The minimum absolute atomic E-state index is 0.0805. The zero-order valence-corrected chi connectivity index (χ0v) is 14.1. The average Bonchev–Trinajstić information content (AvgIpc) is 2.98. The molecule has 0 unspecified atom stereocenters. The molecular weight excluding hydrogens is 363 g/mol. The molecule has 0 fully saturated rings. The lowest BCUT2D eigenvalue weighted by Gasteiger charge is -2.13. The SMILES string of the molecule is CCOc1cccc(/C=C2\N=C(c3cccc(F)c3)OC2=O)c1OC(F)F. The van der Waals surface area contributed by atoms with E-state index in [1.807, 2.05) is 0 Å². The summed E-state index contributed by atoms with van der Waals surface area (Å²) in [7, 11) is 0. The predicted molar refractivity (Wildman–Crippen MR) is 91.2 cm³/mol. The van der Waals surface area contributed by atoms with Crippen LogP contribution < -0.4 is 9.47 Å². The first-order valence-electron chi connectivity index (χ1n) is 7.97. The van der Waals surface area contributed by atoms with Gasteiger partial charge in [-0.3, -0.25) is 0 Å². The van der Waals surface area contributed by atoms with Gasteiger partial charge in [0.2, 0.25) is 5.90 Å². The van der Waals surface area contributed by atoms with Gasteiger partial charge in [0, 0.05) is 11.1 Å². The van der Waals surface area contributed by atoms with Crippen LogP contribution in [0.25, 0.3) is 6.08 Å². The second kappa shape index (κ2) is 7.94. The van der Waals surface area contributed by atoms with Crippen LogP contribution in [-0.2, 0) is 9.53 Å². The Hall–Kier alpha value is -3.29. The minimum atomic E-state index is -3.08. The van der Waals surface area contributed by atoms with Crippen LogP contribution in [0.15, 0.2) is 53.2 Å². The summed E-state index contributed by atoms with van der Waals surface area (Å²) in [5, 5.41) is 0. The standard InChI is InChI=1S/C19H14F3NO4/c1-2-25-15-8-4-5-11(16(15)26-19(21)22)10-14-18(24)27-17(23-14)12-6-3-7-13(20)9-12/h3-10,19H,2H2,1H3/b14-10-. The summed E-state index contributed by atoms with van der Waals surface area (Å²) >= 11 is 0. The third kappa shape index (κ3) is 4.28. The molecule has 3 rings (SSSR count). The fraction of sp³-hybridized carbons (Fsp3) is 0.158. The molecule has 0 spiro atoms. The van der Waals surface area contributed by atoms with Gasteiger partial charge >= 0.3 is 12.6 Å². The fourth-order valence-corrected chi connectivity index (χ4v) is 2.43. The molecule has 140 valence electrons. The molecule has 0 amide bonds. The highest BCUT2D eigenvalue weighted by atomic mass is 19.3. The lowest BCUT2D eigenvalue weighted by Crippen LogP contribution is -2.07. The largest absolute Gasteiger partial charge is 0.490 e. The van der Waals surface area contributed by atoms with Gasteiger partial charge in [0.05, 0.1) is 6.61 Å². The molecule has 1 aliphatic heterocycles. The highest BCUT2D eigenvalue weighted by Crippen LogP contribution is 2.35. The molecule has 1 heterocycles. The summed E-state index contributed by atoms with van der Waals surface area (Å²) in [6, 6.07) is 9.88. The highest BCUT2D eigenvalue weighted by molar-refractivity contribution is 6.13. The summed E-state index contributed by atoms with van der Waals surface area (Å²) in [5.74, 6) is -1.50. The van der Waals surface area contributed by atoms with Crippen molar-refractivity contribution in [1.82, 2.24) is 0 Å². The molecule has 5 nitrogen and oxygen atoms in total. The van der Waals surface area contributed by atoms with Crippen molar-refractivity contribution in [2.24, 2.45) is 4.99 Å².